The topological polar surface area (TPSA) is 102 Å². The highest BCUT2D eigenvalue weighted by Crippen LogP contribution is 2.31. The Balaban J connectivity index is 1.81. The minimum absolute atomic E-state index is 0.0727. The van der Waals surface area contributed by atoms with Crippen molar-refractivity contribution in [2.24, 2.45) is 7.05 Å². The number of amides is 1. The standard InChI is InChI=1S/C15H18N4O4S/c1-9-6-11(19(3)18-9)8-16-24(21,22)12-4-5-13-14(7-12)23-10(2)15(20)17-13/h4-7,10,16H,8H2,1-3H3,(H,17,20). The number of rotatable bonds is 4. The van der Waals surface area contributed by atoms with Gasteiger partial charge in [0.05, 0.1) is 28.5 Å². The van der Waals surface area contributed by atoms with Crippen molar-refractivity contribution in [2.75, 3.05) is 5.32 Å². The summed E-state index contributed by atoms with van der Waals surface area (Å²) in [5.41, 5.74) is 2.03. The zero-order valence-electron chi connectivity index (χ0n) is 13.5. The Labute approximate surface area is 139 Å². The van der Waals surface area contributed by atoms with E-state index < -0.39 is 16.1 Å². The summed E-state index contributed by atoms with van der Waals surface area (Å²) >= 11 is 0. The molecule has 2 N–H and O–H groups in total. The summed E-state index contributed by atoms with van der Waals surface area (Å²) in [6.07, 6.45) is -0.666. The van der Waals surface area contributed by atoms with Crippen LogP contribution in [0, 0.1) is 6.92 Å². The fraction of sp³-hybridized carbons (Fsp3) is 0.333. The van der Waals surface area contributed by atoms with Gasteiger partial charge < -0.3 is 10.1 Å². The first kappa shape index (κ1) is 16.5. The van der Waals surface area contributed by atoms with Crippen LogP contribution in [0.25, 0.3) is 0 Å². The molecule has 0 radical (unpaired) electrons. The zero-order chi connectivity index (χ0) is 17.5. The number of carbonyl (C=O) groups excluding carboxylic acids is 1. The third-order valence-corrected chi connectivity index (χ3v) is 5.14. The van der Waals surface area contributed by atoms with E-state index >= 15 is 0 Å². The summed E-state index contributed by atoms with van der Waals surface area (Å²) in [7, 11) is -1.96. The van der Waals surface area contributed by atoms with Crippen molar-refractivity contribution >= 4 is 21.6 Å². The number of anilines is 1. The third-order valence-electron chi connectivity index (χ3n) is 3.74. The van der Waals surface area contributed by atoms with E-state index in [1.54, 1.807) is 18.7 Å². The molecule has 0 bridgehead atoms. The summed E-state index contributed by atoms with van der Waals surface area (Å²) in [5.74, 6) is 0.0733. The number of hydrogen-bond acceptors (Lipinski definition) is 5. The Morgan fingerprint density at radius 2 is 2.12 bits per heavy atom. The molecule has 1 aromatic carbocycles. The van der Waals surface area contributed by atoms with E-state index in [-0.39, 0.29) is 17.3 Å². The maximum Gasteiger partial charge on any atom is 0.265 e. The van der Waals surface area contributed by atoms with Crippen LogP contribution in [0.2, 0.25) is 0 Å². The molecule has 2 heterocycles. The van der Waals surface area contributed by atoms with E-state index in [9.17, 15) is 13.2 Å². The van der Waals surface area contributed by atoms with Crippen LogP contribution in [0.1, 0.15) is 18.3 Å². The van der Waals surface area contributed by atoms with E-state index in [0.717, 1.165) is 11.4 Å². The molecule has 0 saturated heterocycles. The molecule has 1 aliphatic heterocycles. The minimum Gasteiger partial charge on any atom is -0.479 e. The van der Waals surface area contributed by atoms with Crippen molar-refractivity contribution in [3.05, 3.63) is 35.7 Å². The van der Waals surface area contributed by atoms with Crippen LogP contribution in [0.5, 0.6) is 5.75 Å². The predicted octanol–water partition coefficient (Wildman–Crippen LogP) is 0.926. The van der Waals surface area contributed by atoms with Crippen LogP contribution in [0.4, 0.5) is 5.69 Å². The van der Waals surface area contributed by atoms with Gasteiger partial charge in [-0.15, -0.1) is 0 Å². The number of nitrogens with one attached hydrogen (secondary N) is 2. The molecule has 24 heavy (non-hydrogen) atoms. The maximum absolute atomic E-state index is 12.5. The van der Waals surface area contributed by atoms with Gasteiger partial charge in [0.2, 0.25) is 10.0 Å². The second kappa shape index (κ2) is 5.91. The number of aryl methyl sites for hydroxylation is 2. The van der Waals surface area contributed by atoms with Crippen molar-refractivity contribution in [3.63, 3.8) is 0 Å². The number of hydrogen-bond donors (Lipinski definition) is 2. The molecule has 0 saturated carbocycles. The second-order valence-corrected chi connectivity index (χ2v) is 7.40. The molecular weight excluding hydrogens is 332 g/mol. The first-order valence-corrected chi connectivity index (χ1v) is 8.85. The van der Waals surface area contributed by atoms with Crippen LogP contribution < -0.4 is 14.8 Å². The van der Waals surface area contributed by atoms with Gasteiger partial charge in [0.15, 0.2) is 6.10 Å². The van der Waals surface area contributed by atoms with Crippen LogP contribution in [-0.2, 0) is 28.4 Å². The van der Waals surface area contributed by atoms with Crippen molar-refractivity contribution in [3.8, 4) is 5.75 Å². The molecule has 2 aromatic rings. The summed E-state index contributed by atoms with van der Waals surface area (Å²) in [6.45, 7) is 3.57. The Hall–Kier alpha value is -2.39. The molecular formula is C15H18N4O4S. The largest absolute Gasteiger partial charge is 0.479 e. The maximum atomic E-state index is 12.5. The van der Waals surface area contributed by atoms with Gasteiger partial charge in [-0.25, -0.2) is 13.1 Å². The zero-order valence-corrected chi connectivity index (χ0v) is 14.3. The van der Waals surface area contributed by atoms with Crippen LogP contribution in [-0.4, -0.2) is 30.2 Å². The summed E-state index contributed by atoms with van der Waals surface area (Å²) in [5, 5.41) is 6.84. The first-order chi connectivity index (χ1) is 11.3. The minimum atomic E-state index is -3.71. The van der Waals surface area contributed by atoms with Crippen molar-refractivity contribution in [2.45, 2.75) is 31.4 Å². The van der Waals surface area contributed by atoms with Gasteiger partial charge in [0.25, 0.3) is 5.91 Å². The number of fused-ring (bicyclic) bond motifs is 1. The predicted molar refractivity (Wildman–Crippen MR) is 87.1 cm³/mol. The highest BCUT2D eigenvalue weighted by atomic mass is 32.2. The highest BCUT2D eigenvalue weighted by molar-refractivity contribution is 7.89. The average Bonchev–Trinajstić information content (AvgIpc) is 2.84. The van der Waals surface area contributed by atoms with Crippen molar-refractivity contribution < 1.29 is 17.9 Å². The number of benzene rings is 1. The van der Waals surface area contributed by atoms with Gasteiger partial charge in [0, 0.05) is 13.1 Å². The summed E-state index contributed by atoms with van der Waals surface area (Å²) < 4.78 is 34.6. The number of aromatic nitrogens is 2. The Kier molecular flexibility index (Phi) is 4.06. The van der Waals surface area contributed by atoms with E-state index in [1.165, 1.54) is 18.2 Å². The molecule has 1 unspecified atom stereocenters. The summed E-state index contributed by atoms with van der Waals surface area (Å²) in [6, 6.07) is 6.16. The average molecular weight is 350 g/mol. The fourth-order valence-electron chi connectivity index (χ4n) is 2.43. The van der Waals surface area contributed by atoms with Gasteiger partial charge >= 0.3 is 0 Å². The van der Waals surface area contributed by atoms with Crippen LogP contribution >= 0.6 is 0 Å². The normalized spacial score (nSPS) is 17.1. The first-order valence-electron chi connectivity index (χ1n) is 7.37. The number of carbonyl (C=O) groups is 1. The molecule has 1 aromatic heterocycles. The number of nitrogens with zero attached hydrogens (tertiary/aromatic N) is 2. The lowest BCUT2D eigenvalue weighted by molar-refractivity contribution is -0.122. The molecule has 0 aliphatic carbocycles. The Morgan fingerprint density at radius 1 is 1.38 bits per heavy atom. The van der Waals surface area contributed by atoms with Gasteiger partial charge in [-0.2, -0.15) is 5.10 Å². The lowest BCUT2D eigenvalue weighted by atomic mass is 10.2. The Morgan fingerprint density at radius 3 is 2.79 bits per heavy atom. The van der Waals surface area contributed by atoms with Gasteiger partial charge in [0.1, 0.15) is 5.75 Å². The second-order valence-electron chi connectivity index (χ2n) is 5.63. The van der Waals surface area contributed by atoms with Gasteiger partial charge in [-0.05, 0) is 32.0 Å². The monoisotopic (exact) mass is 350 g/mol. The van der Waals surface area contributed by atoms with Crippen molar-refractivity contribution in [1.29, 1.82) is 0 Å². The lowest BCUT2D eigenvalue weighted by Crippen LogP contribution is -2.34. The van der Waals surface area contributed by atoms with E-state index in [1.807, 2.05) is 13.0 Å². The van der Waals surface area contributed by atoms with E-state index in [2.05, 4.69) is 15.1 Å². The lowest BCUT2D eigenvalue weighted by Gasteiger charge is -2.23. The molecule has 9 heteroatoms. The quantitative estimate of drug-likeness (QED) is 0.854. The molecule has 0 fully saturated rings. The van der Waals surface area contributed by atoms with E-state index in [4.69, 9.17) is 4.74 Å². The molecule has 0 spiro atoms. The SMILES string of the molecule is Cc1cc(CNS(=O)(=O)c2ccc3c(c2)OC(C)C(=O)N3)n(C)n1. The molecule has 3 rings (SSSR count). The molecule has 1 amide bonds. The third kappa shape index (κ3) is 3.13. The van der Waals surface area contributed by atoms with Crippen molar-refractivity contribution in [1.82, 2.24) is 14.5 Å². The van der Waals surface area contributed by atoms with Gasteiger partial charge in [-0.1, -0.05) is 0 Å². The summed E-state index contributed by atoms with van der Waals surface area (Å²) in [4.78, 5) is 11.6. The Bertz CT molecular complexity index is 904. The molecule has 8 nitrogen and oxygen atoms in total. The highest BCUT2D eigenvalue weighted by Gasteiger charge is 2.25. The number of ether oxygens (including phenoxy) is 1. The van der Waals surface area contributed by atoms with Gasteiger partial charge in [-0.3, -0.25) is 9.48 Å². The van der Waals surface area contributed by atoms with Crippen LogP contribution in [0.15, 0.2) is 29.2 Å². The smallest absolute Gasteiger partial charge is 0.265 e. The van der Waals surface area contributed by atoms with E-state index in [0.29, 0.717) is 11.4 Å². The van der Waals surface area contributed by atoms with Crippen LogP contribution in [0.3, 0.4) is 0 Å². The molecule has 1 aliphatic rings. The fourth-order valence-corrected chi connectivity index (χ4v) is 3.44. The molecule has 128 valence electrons. The molecule has 1 atom stereocenters. The number of sulfonamides is 1.